The van der Waals surface area contributed by atoms with E-state index in [0.717, 1.165) is 23.5 Å². The minimum absolute atomic E-state index is 0.616. The van der Waals surface area contributed by atoms with Gasteiger partial charge in [0.2, 0.25) is 0 Å². The molecule has 1 fully saturated rings. The van der Waals surface area contributed by atoms with Gasteiger partial charge in [-0.3, -0.25) is 0 Å². The molecule has 0 aromatic rings. The van der Waals surface area contributed by atoms with E-state index in [-0.39, 0.29) is 0 Å². The number of thioether (sulfide) groups is 1. The molecule has 0 amide bonds. The van der Waals surface area contributed by atoms with Crippen molar-refractivity contribution in [2.45, 2.75) is 37.9 Å². The molecule has 0 aromatic carbocycles. The molecular weight excluding hydrogens is 216 g/mol. The summed E-state index contributed by atoms with van der Waals surface area (Å²) in [5.41, 5.74) is 0. The van der Waals surface area contributed by atoms with Crippen LogP contribution in [0.3, 0.4) is 0 Å². The minimum atomic E-state index is 0.616. The van der Waals surface area contributed by atoms with E-state index in [1.807, 2.05) is 0 Å². The lowest BCUT2D eigenvalue weighted by Gasteiger charge is -2.26. The van der Waals surface area contributed by atoms with Crippen LogP contribution in [0.2, 0.25) is 0 Å². The Bertz CT molecular complexity index is 143. The van der Waals surface area contributed by atoms with Crippen LogP contribution >= 0.6 is 23.4 Å². The first-order valence-corrected chi connectivity index (χ1v) is 7.16. The fraction of sp³-hybridized carbons (Fsp3) is 1.00. The molecule has 2 unspecified atom stereocenters. The molecule has 0 saturated heterocycles. The number of hydrogen-bond donors (Lipinski definition) is 0. The normalized spacial score (nSPS) is 27.9. The van der Waals surface area contributed by atoms with Gasteiger partial charge >= 0.3 is 0 Å². The van der Waals surface area contributed by atoms with E-state index in [1.54, 1.807) is 0 Å². The van der Waals surface area contributed by atoms with Crippen LogP contribution in [0.4, 0.5) is 0 Å². The van der Waals surface area contributed by atoms with Gasteiger partial charge in [-0.2, -0.15) is 11.8 Å². The van der Waals surface area contributed by atoms with Crippen molar-refractivity contribution in [2.24, 2.45) is 5.92 Å². The highest BCUT2D eigenvalue weighted by Gasteiger charge is 2.18. The van der Waals surface area contributed by atoms with Crippen molar-refractivity contribution >= 4 is 23.4 Å². The number of rotatable bonds is 6. The van der Waals surface area contributed by atoms with Gasteiger partial charge in [-0.15, -0.1) is 11.6 Å². The molecule has 1 aliphatic rings. The largest absolute Gasteiger partial charge is 0.379 e. The van der Waals surface area contributed by atoms with Gasteiger partial charge in [0.1, 0.15) is 0 Å². The summed E-state index contributed by atoms with van der Waals surface area (Å²) >= 11 is 7.60. The molecule has 1 aliphatic carbocycles. The number of halogens is 1. The van der Waals surface area contributed by atoms with Gasteiger partial charge in [-0.05, 0) is 18.8 Å². The minimum Gasteiger partial charge on any atom is -0.379 e. The maximum atomic E-state index is 5.52. The molecule has 1 nitrogen and oxygen atoms in total. The zero-order valence-corrected chi connectivity index (χ0v) is 10.6. The quantitative estimate of drug-likeness (QED) is 0.515. The van der Waals surface area contributed by atoms with Gasteiger partial charge in [-0.1, -0.05) is 19.8 Å². The van der Waals surface area contributed by atoms with E-state index in [9.17, 15) is 0 Å². The summed E-state index contributed by atoms with van der Waals surface area (Å²) in [6.45, 7) is 3.93. The number of alkyl halides is 1. The molecule has 14 heavy (non-hydrogen) atoms. The highest BCUT2D eigenvalue weighted by molar-refractivity contribution is 7.99. The van der Waals surface area contributed by atoms with Crippen LogP contribution in [0.5, 0.6) is 0 Å². The predicted octanol–water partition coefficient (Wildman–Crippen LogP) is 3.55. The Morgan fingerprint density at radius 2 is 2.21 bits per heavy atom. The van der Waals surface area contributed by atoms with Crippen molar-refractivity contribution in [1.82, 2.24) is 0 Å². The van der Waals surface area contributed by atoms with Crippen molar-refractivity contribution in [3.8, 4) is 0 Å². The fourth-order valence-corrected chi connectivity index (χ4v) is 3.41. The van der Waals surface area contributed by atoms with E-state index in [2.05, 4.69) is 18.7 Å². The maximum absolute atomic E-state index is 5.52. The topological polar surface area (TPSA) is 9.23 Å². The molecule has 0 aromatic heterocycles. The molecule has 2 atom stereocenters. The van der Waals surface area contributed by atoms with Crippen LogP contribution < -0.4 is 0 Å². The second-order valence-corrected chi connectivity index (χ2v) is 5.85. The van der Waals surface area contributed by atoms with E-state index in [0.29, 0.717) is 12.5 Å². The van der Waals surface area contributed by atoms with Crippen LogP contribution in [0.25, 0.3) is 0 Å². The Balaban J connectivity index is 1.95. The zero-order valence-electron chi connectivity index (χ0n) is 9.01. The molecule has 1 saturated carbocycles. The maximum Gasteiger partial charge on any atom is 0.0602 e. The molecular formula is C11H21ClOS. The summed E-state index contributed by atoms with van der Waals surface area (Å²) in [5, 5.41) is 0.887. The molecule has 1 rings (SSSR count). The third-order valence-corrected chi connectivity index (χ3v) is 4.15. The summed E-state index contributed by atoms with van der Waals surface area (Å²) in [7, 11) is 0. The van der Waals surface area contributed by atoms with E-state index < -0.39 is 0 Å². The van der Waals surface area contributed by atoms with Gasteiger partial charge < -0.3 is 4.74 Å². The average Bonchev–Trinajstić information content (AvgIpc) is 2.18. The van der Waals surface area contributed by atoms with Crippen molar-refractivity contribution < 1.29 is 4.74 Å². The average molecular weight is 237 g/mol. The van der Waals surface area contributed by atoms with E-state index in [1.165, 1.54) is 25.7 Å². The van der Waals surface area contributed by atoms with Gasteiger partial charge in [0.15, 0.2) is 0 Å². The van der Waals surface area contributed by atoms with Crippen LogP contribution in [0.1, 0.15) is 32.6 Å². The summed E-state index contributed by atoms with van der Waals surface area (Å²) in [6.07, 6.45) is 5.66. The highest BCUT2D eigenvalue weighted by atomic mass is 35.5. The Labute approximate surface area is 96.9 Å². The standard InChI is InChI=1S/C11H21ClOS/c1-10-3-2-4-11(9-10)14-8-7-13-6-5-12/h10-11H,2-9H2,1H3. The van der Waals surface area contributed by atoms with Crippen molar-refractivity contribution in [1.29, 1.82) is 0 Å². The second-order valence-electron chi connectivity index (χ2n) is 4.07. The summed E-state index contributed by atoms with van der Waals surface area (Å²) in [4.78, 5) is 0. The Hall–Kier alpha value is 0.600. The molecule has 0 aliphatic heterocycles. The van der Waals surface area contributed by atoms with Gasteiger partial charge in [0.05, 0.1) is 13.2 Å². The Morgan fingerprint density at radius 3 is 2.93 bits per heavy atom. The summed E-state index contributed by atoms with van der Waals surface area (Å²) in [5.74, 6) is 2.68. The number of ether oxygens (including phenoxy) is 1. The number of hydrogen-bond acceptors (Lipinski definition) is 2. The van der Waals surface area contributed by atoms with E-state index in [4.69, 9.17) is 16.3 Å². The zero-order chi connectivity index (χ0) is 10.2. The molecule has 84 valence electrons. The third kappa shape index (κ3) is 5.47. The van der Waals surface area contributed by atoms with Crippen LogP contribution in [-0.2, 0) is 4.74 Å². The van der Waals surface area contributed by atoms with Crippen molar-refractivity contribution in [2.75, 3.05) is 24.8 Å². The Kier molecular flexibility index (Phi) is 7.09. The first-order chi connectivity index (χ1) is 6.83. The summed E-state index contributed by atoms with van der Waals surface area (Å²) < 4.78 is 5.35. The molecule has 3 heteroatoms. The lowest BCUT2D eigenvalue weighted by atomic mass is 9.91. The molecule has 0 bridgehead atoms. The lowest BCUT2D eigenvalue weighted by Crippen LogP contribution is -2.16. The van der Waals surface area contributed by atoms with Crippen LogP contribution in [0.15, 0.2) is 0 Å². The van der Waals surface area contributed by atoms with Crippen molar-refractivity contribution in [3.05, 3.63) is 0 Å². The predicted molar refractivity (Wildman–Crippen MR) is 65.4 cm³/mol. The van der Waals surface area contributed by atoms with Crippen LogP contribution in [-0.4, -0.2) is 30.1 Å². The van der Waals surface area contributed by atoms with Crippen LogP contribution in [0, 0.1) is 5.92 Å². The molecule has 0 heterocycles. The molecule has 0 spiro atoms. The van der Waals surface area contributed by atoms with E-state index >= 15 is 0 Å². The first-order valence-electron chi connectivity index (χ1n) is 5.58. The molecule has 0 radical (unpaired) electrons. The third-order valence-electron chi connectivity index (χ3n) is 2.69. The van der Waals surface area contributed by atoms with Gasteiger partial charge in [0.25, 0.3) is 0 Å². The monoisotopic (exact) mass is 236 g/mol. The van der Waals surface area contributed by atoms with Gasteiger partial charge in [-0.25, -0.2) is 0 Å². The fourth-order valence-electron chi connectivity index (χ4n) is 1.96. The van der Waals surface area contributed by atoms with Gasteiger partial charge in [0, 0.05) is 16.9 Å². The SMILES string of the molecule is CC1CCCC(SCCOCCCl)C1. The summed E-state index contributed by atoms with van der Waals surface area (Å²) in [6, 6.07) is 0. The first kappa shape index (κ1) is 12.7. The molecule has 0 N–H and O–H groups in total. The van der Waals surface area contributed by atoms with Crippen molar-refractivity contribution in [3.63, 3.8) is 0 Å². The lowest BCUT2D eigenvalue weighted by molar-refractivity contribution is 0.166. The Morgan fingerprint density at radius 1 is 1.36 bits per heavy atom. The smallest absolute Gasteiger partial charge is 0.0602 e. The highest BCUT2D eigenvalue weighted by Crippen LogP contribution is 2.31. The second kappa shape index (κ2) is 7.84.